The van der Waals surface area contributed by atoms with Gasteiger partial charge in [-0.1, -0.05) is 29.8 Å². The summed E-state index contributed by atoms with van der Waals surface area (Å²) in [5, 5.41) is 2.84. The van der Waals surface area contributed by atoms with E-state index in [1.54, 1.807) is 0 Å². The molecule has 0 aliphatic heterocycles. The molecule has 0 bridgehead atoms. The zero-order chi connectivity index (χ0) is 19.4. The summed E-state index contributed by atoms with van der Waals surface area (Å²) in [5.41, 5.74) is 2.58. The molecule has 0 aliphatic rings. The van der Waals surface area contributed by atoms with E-state index < -0.39 is 11.8 Å². The maximum absolute atomic E-state index is 13.4. The van der Waals surface area contributed by atoms with E-state index in [9.17, 15) is 14.1 Å². The van der Waals surface area contributed by atoms with Crippen molar-refractivity contribution in [2.24, 2.45) is 5.18 Å². The number of nitrogens with zero attached hydrogens (tertiary/aromatic N) is 2. The summed E-state index contributed by atoms with van der Waals surface area (Å²) in [6.07, 6.45) is 0. The van der Waals surface area contributed by atoms with Gasteiger partial charge in [0.05, 0.1) is 10.2 Å². The zero-order valence-corrected chi connectivity index (χ0v) is 15.9. The van der Waals surface area contributed by atoms with Crippen LogP contribution in [-0.2, 0) is 11.3 Å². The molecule has 27 heavy (non-hydrogen) atoms. The Morgan fingerprint density at radius 3 is 2.56 bits per heavy atom. The van der Waals surface area contributed by atoms with Crippen LogP contribution in [0.15, 0.2) is 64.2 Å². The number of rotatable bonds is 5. The number of ether oxygens (including phenoxy) is 1. The number of halogens is 2. The first-order valence-corrected chi connectivity index (χ1v) is 8.79. The Morgan fingerprint density at radius 1 is 1.15 bits per heavy atom. The molecule has 0 N–H and O–H groups in total. The third-order valence-corrected chi connectivity index (χ3v) is 4.48. The van der Waals surface area contributed by atoms with Gasteiger partial charge in [-0.3, -0.25) is 0 Å². The van der Waals surface area contributed by atoms with Crippen LogP contribution in [-0.4, -0.2) is 11.0 Å². The van der Waals surface area contributed by atoms with Gasteiger partial charge in [0.15, 0.2) is 5.69 Å². The van der Waals surface area contributed by atoms with Crippen LogP contribution in [0.25, 0.3) is 11.3 Å². The van der Waals surface area contributed by atoms with Crippen molar-refractivity contribution in [3.05, 3.63) is 86.6 Å². The SMILES string of the molecule is Cc1ccc(COC(=O)c2nc(-c3ccc(F)c(Br)c3)ccc2N=O)cc1. The molecule has 5 nitrogen and oxygen atoms in total. The van der Waals surface area contributed by atoms with Gasteiger partial charge >= 0.3 is 5.97 Å². The maximum Gasteiger partial charge on any atom is 0.359 e. The van der Waals surface area contributed by atoms with Gasteiger partial charge in [-0.05, 0) is 63.9 Å². The summed E-state index contributed by atoms with van der Waals surface area (Å²) in [5.74, 6) is -1.17. The van der Waals surface area contributed by atoms with E-state index >= 15 is 0 Å². The zero-order valence-electron chi connectivity index (χ0n) is 14.3. The van der Waals surface area contributed by atoms with Crippen molar-refractivity contribution in [2.45, 2.75) is 13.5 Å². The second-order valence-electron chi connectivity index (χ2n) is 5.85. The predicted octanol–water partition coefficient (Wildman–Crippen LogP) is 5.71. The van der Waals surface area contributed by atoms with Gasteiger partial charge in [0.25, 0.3) is 0 Å². The Kier molecular flexibility index (Phi) is 5.71. The fourth-order valence-electron chi connectivity index (χ4n) is 2.39. The maximum atomic E-state index is 13.4. The van der Waals surface area contributed by atoms with Gasteiger partial charge < -0.3 is 4.74 Å². The lowest BCUT2D eigenvalue weighted by molar-refractivity contribution is 0.0467. The van der Waals surface area contributed by atoms with Gasteiger partial charge in [0, 0.05) is 5.56 Å². The highest BCUT2D eigenvalue weighted by Gasteiger charge is 2.18. The van der Waals surface area contributed by atoms with Gasteiger partial charge in [-0.25, -0.2) is 14.2 Å². The summed E-state index contributed by atoms with van der Waals surface area (Å²) in [4.78, 5) is 27.7. The molecule has 0 saturated carbocycles. The van der Waals surface area contributed by atoms with E-state index in [2.05, 4.69) is 26.1 Å². The monoisotopic (exact) mass is 428 g/mol. The van der Waals surface area contributed by atoms with E-state index in [-0.39, 0.29) is 22.5 Å². The summed E-state index contributed by atoms with van der Waals surface area (Å²) < 4.78 is 19.0. The van der Waals surface area contributed by atoms with Crippen LogP contribution in [0.3, 0.4) is 0 Å². The lowest BCUT2D eigenvalue weighted by Crippen LogP contribution is -2.08. The molecule has 0 unspecified atom stereocenters. The molecule has 136 valence electrons. The molecular formula is C20H14BrFN2O3. The standard InChI is InChI=1S/C20H14BrFN2O3/c1-12-2-4-13(5-3-12)11-27-20(25)19-18(24-26)9-8-17(23-19)14-6-7-16(22)15(21)10-14/h2-10H,11H2,1H3. The van der Waals surface area contributed by atoms with Crippen LogP contribution in [0.2, 0.25) is 0 Å². The molecule has 1 heterocycles. The topological polar surface area (TPSA) is 68.6 Å². The number of nitroso groups, excluding NO2 is 1. The molecule has 1 aromatic heterocycles. The Hall–Kier alpha value is -2.93. The number of carbonyl (C=O) groups is 1. The summed E-state index contributed by atoms with van der Waals surface area (Å²) in [6.45, 7) is 2.01. The molecule has 0 spiro atoms. The number of esters is 1. The predicted molar refractivity (Wildman–Crippen MR) is 103 cm³/mol. The number of aromatic nitrogens is 1. The first-order valence-electron chi connectivity index (χ1n) is 8.00. The molecule has 0 amide bonds. The second-order valence-corrected chi connectivity index (χ2v) is 6.70. The molecule has 7 heteroatoms. The van der Waals surface area contributed by atoms with Crippen LogP contribution in [0.1, 0.15) is 21.6 Å². The molecule has 3 aromatic rings. The largest absolute Gasteiger partial charge is 0.456 e. The third kappa shape index (κ3) is 4.43. The Bertz CT molecular complexity index is 1010. The molecular weight excluding hydrogens is 415 g/mol. The van der Waals surface area contributed by atoms with E-state index in [4.69, 9.17) is 4.74 Å². The highest BCUT2D eigenvalue weighted by molar-refractivity contribution is 9.10. The van der Waals surface area contributed by atoms with Crippen molar-refractivity contribution >= 4 is 27.6 Å². The minimum Gasteiger partial charge on any atom is -0.456 e. The van der Waals surface area contributed by atoms with Crippen LogP contribution < -0.4 is 0 Å². The molecule has 2 aromatic carbocycles. The van der Waals surface area contributed by atoms with Crippen molar-refractivity contribution in [2.75, 3.05) is 0 Å². The van der Waals surface area contributed by atoms with Crippen molar-refractivity contribution < 1.29 is 13.9 Å². The second kappa shape index (κ2) is 8.18. The molecule has 0 aliphatic carbocycles. The van der Waals surface area contributed by atoms with E-state index in [1.807, 2.05) is 31.2 Å². The van der Waals surface area contributed by atoms with Gasteiger partial charge in [-0.15, -0.1) is 4.91 Å². The fourth-order valence-corrected chi connectivity index (χ4v) is 2.77. The normalized spacial score (nSPS) is 10.5. The van der Waals surface area contributed by atoms with Crippen LogP contribution >= 0.6 is 15.9 Å². The number of aryl methyl sites for hydroxylation is 1. The summed E-state index contributed by atoms with van der Waals surface area (Å²) in [7, 11) is 0. The molecule has 0 atom stereocenters. The van der Waals surface area contributed by atoms with Crippen LogP contribution in [0.4, 0.5) is 10.1 Å². The quantitative estimate of drug-likeness (QED) is 0.385. The van der Waals surface area contributed by atoms with Crippen LogP contribution in [0.5, 0.6) is 0 Å². The Balaban J connectivity index is 1.86. The summed E-state index contributed by atoms with van der Waals surface area (Å²) >= 11 is 3.11. The van der Waals surface area contributed by atoms with Crippen molar-refractivity contribution in [1.82, 2.24) is 4.98 Å². The Morgan fingerprint density at radius 2 is 1.89 bits per heavy atom. The number of hydrogen-bond acceptors (Lipinski definition) is 5. The molecule has 0 radical (unpaired) electrons. The highest BCUT2D eigenvalue weighted by atomic mass is 79.9. The Labute approximate surface area is 163 Å². The van der Waals surface area contributed by atoms with E-state index in [1.165, 1.54) is 30.3 Å². The average molecular weight is 429 g/mol. The third-order valence-electron chi connectivity index (χ3n) is 3.87. The first-order chi connectivity index (χ1) is 13.0. The van der Waals surface area contributed by atoms with Gasteiger partial charge in [0.2, 0.25) is 0 Å². The van der Waals surface area contributed by atoms with Crippen molar-refractivity contribution in [3.8, 4) is 11.3 Å². The number of benzene rings is 2. The fraction of sp³-hybridized carbons (Fsp3) is 0.100. The number of carbonyl (C=O) groups excluding carboxylic acids is 1. The lowest BCUT2D eigenvalue weighted by Gasteiger charge is -2.08. The van der Waals surface area contributed by atoms with Crippen molar-refractivity contribution in [3.63, 3.8) is 0 Å². The molecule has 0 saturated heterocycles. The summed E-state index contributed by atoms with van der Waals surface area (Å²) in [6, 6.07) is 14.8. The first kappa shape index (κ1) is 18.8. The minimum absolute atomic E-state index is 0.0470. The smallest absolute Gasteiger partial charge is 0.359 e. The molecule has 0 fully saturated rings. The molecule has 3 rings (SSSR count). The number of hydrogen-bond donors (Lipinski definition) is 0. The number of pyridine rings is 1. The van der Waals surface area contributed by atoms with Crippen molar-refractivity contribution in [1.29, 1.82) is 0 Å². The highest BCUT2D eigenvalue weighted by Crippen LogP contribution is 2.27. The van der Waals surface area contributed by atoms with Crippen LogP contribution in [0, 0.1) is 17.6 Å². The van der Waals surface area contributed by atoms with E-state index in [0.717, 1.165) is 11.1 Å². The minimum atomic E-state index is -0.756. The van der Waals surface area contributed by atoms with E-state index in [0.29, 0.717) is 11.3 Å². The average Bonchev–Trinajstić information content (AvgIpc) is 2.69. The van der Waals surface area contributed by atoms with Gasteiger partial charge in [-0.2, -0.15) is 0 Å². The van der Waals surface area contributed by atoms with Gasteiger partial charge in [0.1, 0.15) is 18.1 Å². The lowest BCUT2D eigenvalue weighted by atomic mass is 10.1.